The summed E-state index contributed by atoms with van der Waals surface area (Å²) in [5.41, 5.74) is 0.915. The van der Waals surface area contributed by atoms with E-state index in [9.17, 15) is 9.59 Å². The SMILES string of the molecule is O=C(NCCC1CCCN1)c1cn2c3c(c(N4CCOCC4)c(F)cc3c1=O)Oc1c-2ccc2ccccc12. The van der Waals surface area contributed by atoms with Crippen molar-refractivity contribution in [1.29, 1.82) is 0 Å². The Bertz CT molecular complexity index is 1670. The first-order chi connectivity index (χ1) is 19.1. The molecule has 0 aliphatic carbocycles. The van der Waals surface area contributed by atoms with Crippen LogP contribution < -0.4 is 25.7 Å². The summed E-state index contributed by atoms with van der Waals surface area (Å²) in [5.74, 6) is -0.176. The molecule has 3 aromatic carbocycles. The number of anilines is 1. The van der Waals surface area contributed by atoms with Gasteiger partial charge in [-0.2, -0.15) is 0 Å². The predicted octanol–water partition coefficient (Wildman–Crippen LogP) is 4.10. The molecule has 0 saturated carbocycles. The smallest absolute Gasteiger partial charge is 0.256 e. The molecular weight excluding hydrogens is 499 g/mol. The molecule has 1 amide bonds. The van der Waals surface area contributed by atoms with Gasteiger partial charge in [0, 0.05) is 37.3 Å². The van der Waals surface area contributed by atoms with E-state index in [4.69, 9.17) is 9.47 Å². The first-order valence-corrected chi connectivity index (χ1v) is 13.6. The molecule has 9 heteroatoms. The Hall–Kier alpha value is -3.95. The normalized spacial score (nSPS) is 18.3. The fourth-order valence-electron chi connectivity index (χ4n) is 6.03. The number of pyridine rings is 1. The number of halogens is 1. The number of carbonyl (C=O) groups excluding carboxylic acids is 1. The molecule has 1 atom stereocenters. The molecule has 2 saturated heterocycles. The van der Waals surface area contributed by atoms with Crippen LogP contribution in [0.2, 0.25) is 0 Å². The van der Waals surface area contributed by atoms with Crippen LogP contribution in [0.4, 0.5) is 10.1 Å². The van der Waals surface area contributed by atoms with Crippen molar-refractivity contribution < 1.29 is 18.7 Å². The minimum atomic E-state index is -0.559. The number of ether oxygens (including phenoxy) is 2. The van der Waals surface area contributed by atoms with Crippen molar-refractivity contribution in [3.8, 4) is 17.2 Å². The van der Waals surface area contributed by atoms with E-state index in [0.717, 1.165) is 36.6 Å². The molecule has 1 aromatic heterocycles. The molecule has 0 spiro atoms. The van der Waals surface area contributed by atoms with Crippen molar-refractivity contribution in [2.45, 2.75) is 25.3 Å². The summed E-state index contributed by atoms with van der Waals surface area (Å²) >= 11 is 0. The lowest BCUT2D eigenvalue weighted by Crippen LogP contribution is -2.37. The van der Waals surface area contributed by atoms with Gasteiger partial charge in [0.15, 0.2) is 17.3 Å². The summed E-state index contributed by atoms with van der Waals surface area (Å²) in [6.45, 7) is 3.39. The summed E-state index contributed by atoms with van der Waals surface area (Å²) in [6.07, 6.45) is 4.58. The lowest BCUT2D eigenvalue weighted by molar-refractivity contribution is 0.0951. The highest BCUT2D eigenvalue weighted by Gasteiger charge is 2.32. The predicted molar refractivity (Wildman–Crippen MR) is 148 cm³/mol. The Morgan fingerprint density at radius 3 is 2.77 bits per heavy atom. The number of hydrogen-bond acceptors (Lipinski definition) is 6. The maximum atomic E-state index is 15.9. The van der Waals surface area contributed by atoms with Crippen molar-refractivity contribution >= 4 is 33.3 Å². The lowest BCUT2D eigenvalue weighted by atomic mass is 10.0. The van der Waals surface area contributed by atoms with E-state index >= 15 is 4.39 Å². The van der Waals surface area contributed by atoms with Gasteiger partial charge in [0.05, 0.1) is 24.3 Å². The maximum absolute atomic E-state index is 15.9. The van der Waals surface area contributed by atoms with Gasteiger partial charge in [-0.05, 0) is 43.3 Å². The van der Waals surface area contributed by atoms with E-state index < -0.39 is 17.2 Å². The Morgan fingerprint density at radius 2 is 1.95 bits per heavy atom. The minimum absolute atomic E-state index is 0.0210. The number of rotatable bonds is 5. The number of amides is 1. The molecule has 3 aliphatic heterocycles. The largest absolute Gasteiger partial charge is 0.450 e. The first kappa shape index (κ1) is 24.1. The molecule has 2 N–H and O–H groups in total. The molecular formula is C30H29FN4O4. The Kier molecular flexibility index (Phi) is 5.97. The lowest BCUT2D eigenvalue weighted by Gasteiger charge is -2.33. The zero-order valence-corrected chi connectivity index (χ0v) is 21.5. The average molecular weight is 529 g/mol. The second-order valence-electron chi connectivity index (χ2n) is 10.3. The quantitative estimate of drug-likeness (QED) is 0.358. The highest BCUT2D eigenvalue weighted by molar-refractivity contribution is 6.03. The van der Waals surface area contributed by atoms with Gasteiger partial charge < -0.3 is 29.6 Å². The van der Waals surface area contributed by atoms with E-state index in [0.29, 0.717) is 61.5 Å². The number of morpholine rings is 1. The molecule has 4 aromatic rings. The van der Waals surface area contributed by atoms with Crippen molar-refractivity contribution in [2.24, 2.45) is 0 Å². The number of fused-ring (bicyclic) bond motifs is 4. The van der Waals surface area contributed by atoms with Crippen molar-refractivity contribution in [3.05, 3.63) is 70.3 Å². The second-order valence-corrected chi connectivity index (χ2v) is 10.3. The first-order valence-electron chi connectivity index (χ1n) is 13.6. The van der Waals surface area contributed by atoms with Gasteiger partial charge in [-0.15, -0.1) is 0 Å². The minimum Gasteiger partial charge on any atom is -0.450 e. The van der Waals surface area contributed by atoms with Gasteiger partial charge in [-0.1, -0.05) is 30.3 Å². The molecule has 2 fully saturated rings. The number of carbonyl (C=O) groups is 1. The second kappa shape index (κ2) is 9.66. The van der Waals surface area contributed by atoms with Crippen molar-refractivity contribution in [1.82, 2.24) is 15.2 Å². The van der Waals surface area contributed by atoms with E-state index in [-0.39, 0.29) is 16.7 Å². The maximum Gasteiger partial charge on any atom is 0.256 e. The molecule has 4 heterocycles. The zero-order valence-electron chi connectivity index (χ0n) is 21.5. The molecule has 200 valence electrons. The molecule has 8 nitrogen and oxygen atoms in total. The van der Waals surface area contributed by atoms with Crippen LogP contribution in [-0.4, -0.2) is 55.9 Å². The van der Waals surface area contributed by atoms with Gasteiger partial charge in [0.1, 0.15) is 16.8 Å². The van der Waals surface area contributed by atoms with Crippen LogP contribution in [0.15, 0.2) is 53.5 Å². The number of nitrogens with one attached hydrogen (secondary N) is 2. The Morgan fingerprint density at radius 1 is 1.10 bits per heavy atom. The van der Waals surface area contributed by atoms with Crippen molar-refractivity contribution in [3.63, 3.8) is 0 Å². The fourth-order valence-corrected chi connectivity index (χ4v) is 6.03. The van der Waals surface area contributed by atoms with Crippen LogP contribution in [0.25, 0.3) is 27.4 Å². The van der Waals surface area contributed by atoms with Gasteiger partial charge in [0.25, 0.3) is 5.91 Å². The summed E-state index contributed by atoms with van der Waals surface area (Å²) in [5, 5.41) is 8.27. The van der Waals surface area contributed by atoms with Gasteiger partial charge in [-0.3, -0.25) is 9.59 Å². The van der Waals surface area contributed by atoms with Crippen molar-refractivity contribution in [2.75, 3.05) is 44.3 Å². The standard InChI is InChI=1S/C30H29FN4O4/c31-23-16-21-25-29(26(23)34-12-14-38-15-13-34)39-28-20-6-2-1-4-18(20)7-8-24(28)35(25)17-22(27(21)36)30(37)33-11-9-19-5-3-10-32-19/h1-2,4,6-8,16-17,19,32H,3,5,9-15H2,(H,33,37). The van der Waals surface area contributed by atoms with Gasteiger partial charge in [0.2, 0.25) is 5.43 Å². The number of hydrogen-bond donors (Lipinski definition) is 2. The summed E-state index contributed by atoms with van der Waals surface area (Å²) in [6, 6.07) is 13.3. The monoisotopic (exact) mass is 528 g/mol. The fraction of sp³-hybridized carbons (Fsp3) is 0.333. The van der Waals surface area contributed by atoms with E-state index in [1.807, 2.05) is 45.9 Å². The average Bonchev–Trinajstić information content (AvgIpc) is 3.48. The topological polar surface area (TPSA) is 84.8 Å². The van der Waals surface area contributed by atoms with E-state index in [1.54, 1.807) is 6.20 Å². The van der Waals surface area contributed by atoms with Crippen LogP contribution >= 0.6 is 0 Å². The molecule has 0 radical (unpaired) electrons. The zero-order chi connectivity index (χ0) is 26.5. The molecule has 39 heavy (non-hydrogen) atoms. The summed E-state index contributed by atoms with van der Waals surface area (Å²) < 4.78 is 29.7. The molecule has 1 unspecified atom stereocenters. The van der Waals surface area contributed by atoms with E-state index in [1.165, 1.54) is 6.07 Å². The third-order valence-electron chi connectivity index (χ3n) is 8.01. The Labute approximate surface area is 224 Å². The number of benzene rings is 3. The molecule has 7 rings (SSSR count). The summed E-state index contributed by atoms with van der Waals surface area (Å²) in [4.78, 5) is 28.8. The third-order valence-corrected chi connectivity index (χ3v) is 8.01. The molecule has 0 bridgehead atoms. The van der Waals surface area contributed by atoms with Crippen LogP contribution in [0.3, 0.4) is 0 Å². The molecule has 3 aliphatic rings. The Balaban J connectivity index is 1.40. The summed E-state index contributed by atoms with van der Waals surface area (Å²) in [7, 11) is 0. The number of nitrogens with zero attached hydrogens (tertiary/aromatic N) is 2. The highest BCUT2D eigenvalue weighted by atomic mass is 19.1. The van der Waals surface area contributed by atoms with Gasteiger partial charge in [-0.25, -0.2) is 4.39 Å². The van der Waals surface area contributed by atoms with Crippen LogP contribution in [0, 0.1) is 5.82 Å². The highest BCUT2D eigenvalue weighted by Crippen LogP contribution is 2.48. The third kappa shape index (κ3) is 4.04. The van der Waals surface area contributed by atoms with Crippen LogP contribution in [-0.2, 0) is 4.74 Å². The number of aromatic nitrogens is 1. The van der Waals surface area contributed by atoms with Gasteiger partial charge >= 0.3 is 0 Å². The van der Waals surface area contributed by atoms with Crippen LogP contribution in [0.1, 0.15) is 29.6 Å². The van der Waals surface area contributed by atoms with E-state index in [2.05, 4.69) is 10.6 Å². The van der Waals surface area contributed by atoms with Crippen LogP contribution in [0.5, 0.6) is 11.5 Å².